The summed E-state index contributed by atoms with van der Waals surface area (Å²) in [5.74, 6) is 0.737. The second-order valence-corrected chi connectivity index (χ2v) is 6.41. The molecular formula is C18H20N2OS. The minimum absolute atomic E-state index is 0.0794. The number of carbonyl (C=O) groups is 1. The Morgan fingerprint density at radius 3 is 2.55 bits per heavy atom. The van der Waals surface area contributed by atoms with Crippen LogP contribution in [0.1, 0.15) is 23.6 Å². The average Bonchev–Trinajstić information content (AvgIpc) is 2.55. The summed E-state index contributed by atoms with van der Waals surface area (Å²) in [6.07, 6.45) is 1.66. The van der Waals surface area contributed by atoms with Gasteiger partial charge in [-0.05, 0) is 25.0 Å². The number of aryl methyl sites for hydroxylation is 1. The molecule has 2 aromatic rings. The van der Waals surface area contributed by atoms with E-state index in [0.717, 1.165) is 11.3 Å². The summed E-state index contributed by atoms with van der Waals surface area (Å²) in [5.41, 5.74) is 5.98. The Kier molecular flexibility index (Phi) is 6.22. The van der Waals surface area contributed by atoms with Gasteiger partial charge in [0.25, 0.3) is 5.91 Å². The molecule has 0 heterocycles. The van der Waals surface area contributed by atoms with Gasteiger partial charge in [-0.25, -0.2) is 5.43 Å². The normalized spacial score (nSPS) is 12.3. The van der Waals surface area contributed by atoms with Crippen LogP contribution in [-0.4, -0.2) is 17.4 Å². The first-order valence-corrected chi connectivity index (χ1v) is 8.25. The van der Waals surface area contributed by atoms with Crippen LogP contribution in [-0.2, 0) is 10.5 Å². The quantitative estimate of drug-likeness (QED) is 0.651. The number of carbonyl (C=O) groups excluding carboxylic acids is 1. The van der Waals surface area contributed by atoms with Gasteiger partial charge in [0.05, 0.1) is 11.5 Å². The fourth-order valence-corrected chi connectivity index (χ4v) is 2.62. The number of nitrogens with zero attached hydrogens (tertiary/aromatic N) is 1. The number of rotatable bonds is 6. The molecule has 0 aromatic heterocycles. The minimum Gasteiger partial charge on any atom is -0.272 e. The van der Waals surface area contributed by atoms with Gasteiger partial charge >= 0.3 is 0 Å². The van der Waals surface area contributed by atoms with E-state index in [2.05, 4.69) is 22.7 Å². The van der Waals surface area contributed by atoms with Crippen molar-refractivity contribution in [3.63, 3.8) is 0 Å². The van der Waals surface area contributed by atoms with Crippen LogP contribution in [0.3, 0.4) is 0 Å². The SMILES string of the molecule is Cc1ccc(/C=N\NC(=O)[C@H](C)SCc2ccccc2)cc1. The monoisotopic (exact) mass is 312 g/mol. The Bertz CT molecular complexity index is 623. The van der Waals surface area contributed by atoms with E-state index in [1.54, 1.807) is 18.0 Å². The number of thioether (sulfide) groups is 1. The van der Waals surface area contributed by atoms with Crippen molar-refractivity contribution in [3.05, 3.63) is 71.3 Å². The van der Waals surface area contributed by atoms with Crippen LogP contribution < -0.4 is 5.43 Å². The molecule has 0 aliphatic heterocycles. The van der Waals surface area contributed by atoms with Crippen LogP contribution in [0.15, 0.2) is 59.7 Å². The lowest BCUT2D eigenvalue weighted by atomic mass is 10.2. The van der Waals surface area contributed by atoms with E-state index >= 15 is 0 Å². The van der Waals surface area contributed by atoms with Crippen molar-refractivity contribution in [2.75, 3.05) is 0 Å². The largest absolute Gasteiger partial charge is 0.272 e. The second kappa shape index (κ2) is 8.39. The van der Waals surface area contributed by atoms with Crippen LogP contribution in [0.5, 0.6) is 0 Å². The molecule has 114 valence electrons. The summed E-state index contributed by atoms with van der Waals surface area (Å²) in [4.78, 5) is 12.0. The molecule has 1 N–H and O–H groups in total. The maximum Gasteiger partial charge on any atom is 0.252 e. The van der Waals surface area contributed by atoms with E-state index in [0.29, 0.717) is 0 Å². The van der Waals surface area contributed by atoms with E-state index in [1.165, 1.54) is 11.1 Å². The number of hydrogen-bond acceptors (Lipinski definition) is 3. The number of hydrogen-bond donors (Lipinski definition) is 1. The summed E-state index contributed by atoms with van der Waals surface area (Å²) < 4.78 is 0. The molecule has 0 fully saturated rings. The van der Waals surface area contributed by atoms with Gasteiger partial charge < -0.3 is 0 Å². The van der Waals surface area contributed by atoms with Crippen molar-refractivity contribution in [2.45, 2.75) is 24.9 Å². The molecular weight excluding hydrogens is 292 g/mol. The van der Waals surface area contributed by atoms with Gasteiger partial charge in [-0.1, -0.05) is 60.2 Å². The highest BCUT2D eigenvalue weighted by molar-refractivity contribution is 7.99. The summed E-state index contributed by atoms with van der Waals surface area (Å²) in [5, 5.41) is 3.87. The van der Waals surface area contributed by atoms with E-state index in [9.17, 15) is 4.79 Å². The van der Waals surface area contributed by atoms with E-state index in [-0.39, 0.29) is 11.2 Å². The molecule has 22 heavy (non-hydrogen) atoms. The minimum atomic E-state index is -0.143. The van der Waals surface area contributed by atoms with Gasteiger partial charge in [-0.3, -0.25) is 4.79 Å². The van der Waals surface area contributed by atoms with E-state index < -0.39 is 0 Å². The molecule has 0 spiro atoms. The van der Waals surface area contributed by atoms with Crippen molar-refractivity contribution in [1.29, 1.82) is 0 Å². The highest BCUT2D eigenvalue weighted by Crippen LogP contribution is 2.17. The number of nitrogens with one attached hydrogen (secondary N) is 1. The average molecular weight is 312 g/mol. The third kappa shape index (κ3) is 5.37. The van der Waals surface area contributed by atoms with Crippen LogP contribution in [0.4, 0.5) is 0 Å². The van der Waals surface area contributed by atoms with Gasteiger partial charge in [0.15, 0.2) is 0 Å². The molecule has 0 radical (unpaired) electrons. The van der Waals surface area contributed by atoms with Crippen molar-refractivity contribution < 1.29 is 4.79 Å². The Hall–Kier alpha value is -2.07. The zero-order valence-corrected chi connectivity index (χ0v) is 13.6. The molecule has 0 bridgehead atoms. The van der Waals surface area contributed by atoms with Gasteiger partial charge in [-0.15, -0.1) is 11.8 Å². The Morgan fingerprint density at radius 1 is 1.18 bits per heavy atom. The standard InChI is InChI=1S/C18H20N2OS/c1-14-8-10-16(11-9-14)12-19-20-18(21)15(2)22-13-17-6-4-3-5-7-17/h3-12,15H,13H2,1-2H3,(H,20,21)/b19-12-/t15-/m0/s1. The van der Waals surface area contributed by atoms with Crippen LogP contribution >= 0.6 is 11.8 Å². The maximum atomic E-state index is 12.0. The summed E-state index contributed by atoms with van der Waals surface area (Å²) in [6, 6.07) is 18.1. The Labute approximate surface area is 135 Å². The highest BCUT2D eigenvalue weighted by atomic mass is 32.2. The number of amides is 1. The third-order valence-corrected chi connectivity index (χ3v) is 4.39. The van der Waals surface area contributed by atoms with Crippen LogP contribution in [0.2, 0.25) is 0 Å². The first-order chi connectivity index (χ1) is 10.6. The zero-order valence-electron chi connectivity index (χ0n) is 12.8. The van der Waals surface area contributed by atoms with Crippen molar-refractivity contribution in [3.8, 4) is 0 Å². The third-order valence-electron chi connectivity index (χ3n) is 3.18. The first kappa shape index (κ1) is 16.3. The van der Waals surface area contributed by atoms with Crippen LogP contribution in [0.25, 0.3) is 0 Å². The maximum absolute atomic E-state index is 12.0. The molecule has 3 nitrogen and oxygen atoms in total. The lowest BCUT2D eigenvalue weighted by Gasteiger charge is -2.09. The summed E-state index contributed by atoms with van der Waals surface area (Å²) in [6.45, 7) is 3.93. The van der Waals surface area contributed by atoms with Crippen molar-refractivity contribution >= 4 is 23.9 Å². The zero-order chi connectivity index (χ0) is 15.8. The van der Waals surface area contributed by atoms with Gasteiger partial charge in [0.1, 0.15) is 0 Å². The fraction of sp³-hybridized carbons (Fsp3) is 0.222. The molecule has 0 aliphatic carbocycles. The second-order valence-electron chi connectivity index (χ2n) is 5.08. The molecule has 0 saturated heterocycles. The highest BCUT2D eigenvalue weighted by Gasteiger charge is 2.12. The first-order valence-electron chi connectivity index (χ1n) is 7.20. The Morgan fingerprint density at radius 2 is 1.86 bits per heavy atom. The van der Waals surface area contributed by atoms with Crippen molar-refractivity contribution in [2.24, 2.45) is 5.10 Å². The predicted octanol–water partition coefficient (Wildman–Crippen LogP) is 3.77. The topological polar surface area (TPSA) is 41.5 Å². The molecule has 1 atom stereocenters. The van der Waals surface area contributed by atoms with Gasteiger partial charge in [-0.2, -0.15) is 5.10 Å². The molecule has 2 rings (SSSR count). The van der Waals surface area contributed by atoms with Crippen LogP contribution in [0, 0.1) is 6.92 Å². The smallest absolute Gasteiger partial charge is 0.252 e. The van der Waals surface area contributed by atoms with Crippen molar-refractivity contribution in [1.82, 2.24) is 5.43 Å². The molecule has 0 saturated carbocycles. The molecule has 0 aliphatic rings. The van der Waals surface area contributed by atoms with E-state index in [1.807, 2.05) is 56.3 Å². The Balaban J connectivity index is 1.77. The van der Waals surface area contributed by atoms with E-state index in [4.69, 9.17) is 0 Å². The molecule has 4 heteroatoms. The predicted molar refractivity (Wildman–Crippen MR) is 94.1 cm³/mol. The lowest BCUT2D eigenvalue weighted by Crippen LogP contribution is -2.26. The number of benzene rings is 2. The van der Waals surface area contributed by atoms with Gasteiger partial charge in [0, 0.05) is 5.75 Å². The fourth-order valence-electron chi connectivity index (χ4n) is 1.78. The molecule has 1 amide bonds. The molecule has 2 aromatic carbocycles. The summed E-state index contributed by atoms with van der Waals surface area (Å²) in [7, 11) is 0. The summed E-state index contributed by atoms with van der Waals surface area (Å²) >= 11 is 1.60. The lowest BCUT2D eigenvalue weighted by molar-refractivity contribution is -0.120. The van der Waals surface area contributed by atoms with Gasteiger partial charge in [0.2, 0.25) is 0 Å². The number of hydrazone groups is 1. The molecule has 0 unspecified atom stereocenters.